The van der Waals surface area contributed by atoms with Gasteiger partial charge in [0.05, 0.1) is 17.6 Å². The number of hydrogen-bond donors (Lipinski definition) is 0. The van der Waals surface area contributed by atoms with Gasteiger partial charge in [0.15, 0.2) is 5.16 Å². The molecule has 0 radical (unpaired) electrons. The molecule has 1 aromatic carbocycles. The van der Waals surface area contributed by atoms with Crippen LogP contribution in [0.15, 0.2) is 23.4 Å². The molecule has 0 aliphatic rings. The molecule has 0 amide bonds. The van der Waals surface area contributed by atoms with Crippen molar-refractivity contribution in [2.45, 2.75) is 11.7 Å². The average Bonchev–Trinajstić information content (AvgIpc) is 2.63. The lowest BCUT2D eigenvalue weighted by molar-refractivity contribution is 0.186. The summed E-state index contributed by atoms with van der Waals surface area (Å²) in [6.07, 6.45) is 2.02. The molecule has 0 N–H and O–H groups in total. The van der Waals surface area contributed by atoms with Gasteiger partial charge in [0.25, 0.3) is 0 Å². The van der Waals surface area contributed by atoms with Crippen LogP contribution in [0.25, 0.3) is 11.0 Å². The van der Waals surface area contributed by atoms with Gasteiger partial charge in [0.2, 0.25) is 0 Å². The van der Waals surface area contributed by atoms with Crippen LogP contribution < -0.4 is 0 Å². The molecule has 0 saturated carbocycles. The molecule has 0 unspecified atom stereocenters. The van der Waals surface area contributed by atoms with Gasteiger partial charge in [-0.1, -0.05) is 23.4 Å². The van der Waals surface area contributed by atoms with Crippen LogP contribution in [0.2, 0.25) is 5.02 Å². The van der Waals surface area contributed by atoms with Crippen molar-refractivity contribution in [3.8, 4) is 0 Å². The van der Waals surface area contributed by atoms with Gasteiger partial charge in [0, 0.05) is 18.7 Å². The Morgan fingerprint density at radius 3 is 3.00 bits per heavy atom. The van der Waals surface area contributed by atoms with Crippen LogP contribution in [0.3, 0.4) is 0 Å². The van der Waals surface area contributed by atoms with E-state index in [0.29, 0.717) is 6.61 Å². The van der Waals surface area contributed by atoms with Crippen molar-refractivity contribution >= 4 is 34.4 Å². The Hall–Kier alpha value is -0.710. The Labute approximate surface area is 104 Å². The van der Waals surface area contributed by atoms with E-state index in [1.807, 2.05) is 24.5 Å². The molecule has 2 aromatic rings. The van der Waals surface area contributed by atoms with E-state index in [9.17, 15) is 0 Å². The molecule has 3 nitrogen and oxygen atoms in total. The minimum absolute atomic E-state index is 0.682. The van der Waals surface area contributed by atoms with Crippen molar-refractivity contribution in [1.82, 2.24) is 9.55 Å². The van der Waals surface area contributed by atoms with E-state index in [4.69, 9.17) is 16.3 Å². The van der Waals surface area contributed by atoms with Crippen molar-refractivity contribution in [3.63, 3.8) is 0 Å². The van der Waals surface area contributed by atoms with Gasteiger partial charge in [-0.2, -0.15) is 0 Å². The van der Waals surface area contributed by atoms with E-state index in [-0.39, 0.29) is 0 Å². The van der Waals surface area contributed by atoms with Crippen LogP contribution in [0.5, 0.6) is 0 Å². The average molecular weight is 257 g/mol. The fraction of sp³-hybridized carbons (Fsp3) is 0.364. The van der Waals surface area contributed by atoms with Gasteiger partial charge in [0.1, 0.15) is 0 Å². The number of hydrogen-bond acceptors (Lipinski definition) is 3. The van der Waals surface area contributed by atoms with E-state index in [2.05, 4.69) is 9.55 Å². The molecule has 5 heteroatoms. The highest BCUT2D eigenvalue weighted by atomic mass is 35.5. The minimum Gasteiger partial charge on any atom is -0.383 e. The number of benzene rings is 1. The number of rotatable bonds is 4. The second-order valence-electron chi connectivity index (χ2n) is 3.38. The van der Waals surface area contributed by atoms with E-state index in [1.165, 1.54) is 0 Å². The molecule has 0 atom stereocenters. The third-order valence-corrected chi connectivity index (χ3v) is 3.29. The van der Waals surface area contributed by atoms with Crippen molar-refractivity contribution in [2.24, 2.45) is 0 Å². The topological polar surface area (TPSA) is 27.1 Å². The summed E-state index contributed by atoms with van der Waals surface area (Å²) < 4.78 is 7.26. The SMILES string of the molecule is COCCn1c(SC)nc2cc(Cl)ccc21. The number of fused-ring (bicyclic) bond motifs is 1. The van der Waals surface area contributed by atoms with E-state index in [0.717, 1.165) is 27.8 Å². The standard InChI is InChI=1S/C11H13ClN2OS/c1-15-6-5-14-10-4-3-8(12)7-9(10)13-11(14)16-2/h3-4,7H,5-6H2,1-2H3. The molecule has 2 rings (SSSR count). The van der Waals surface area contributed by atoms with Crippen LogP contribution in [0.1, 0.15) is 0 Å². The third-order valence-electron chi connectivity index (χ3n) is 2.38. The van der Waals surface area contributed by atoms with Gasteiger partial charge >= 0.3 is 0 Å². The summed E-state index contributed by atoms with van der Waals surface area (Å²) in [5.41, 5.74) is 2.04. The molecule has 0 bridgehead atoms. The summed E-state index contributed by atoms with van der Waals surface area (Å²) in [6, 6.07) is 5.78. The number of halogens is 1. The Bertz CT molecular complexity index is 498. The van der Waals surface area contributed by atoms with Crippen LogP contribution >= 0.6 is 23.4 Å². The number of nitrogens with zero attached hydrogens (tertiary/aromatic N) is 2. The zero-order chi connectivity index (χ0) is 11.5. The summed E-state index contributed by atoms with van der Waals surface area (Å²) in [6.45, 7) is 1.49. The maximum absolute atomic E-state index is 5.95. The van der Waals surface area contributed by atoms with Gasteiger partial charge in [-0.15, -0.1) is 0 Å². The van der Waals surface area contributed by atoms with Crippen LogP contribution in [0, 0.1) is 0 Å². The quantitative estimate of drug-likeness (QED) is 0.787. The van der Waals surface area contributed by atoms with Crippen LogP contribution in [0.4, 0.5) is 0 Å². The maximum Gasteiger partial charge on any atom is 0.168 e. The molecule has 1 aromatic heterocycles. The first kappa shape index (κ1) is 11.8. The first-order valence-electron chi connectivity index (χ1n) is 4.95. The first-order chi connectivity index (χ1) is 7.76. The van der Waals surface area contributed by atoms with Gasteiger partial charge in [-0.3, -0.25) is 0 Å². The van der Waals surface area contributed by atoms with Gasteiger partial charge in [-0.25, -0.2) is 4.98 Å². The second kappa shape index (κ2) is 5.08. The second-order valence-corrected chi connectivity index (χ2v) is 4.59. The number of aromatic nitrogens is 2. The van der Waals surface area contributed by atoms with Crippen LogP contribution in [-0.4, -0.2) is 29.5 Å². The largest absolute Gasteiger partial charge is 0.383 e. The Morgan fingerprint density at radius 2 is 2.31 bits per heavy atom. The molecular weight excluding hydrogens is 244 g/mol. The lowest BCUT2D eigenvalue weighted by Gasteiger charge is -2.06. The Kier molecular flexibility index (Phi) is 3.74. The van der Waals surface area contributed by atoms with Crippen molar-refractivity contribution in [2.75, 3.05) is 20.0 Å². The highest BCUT2D eigenvalue weighted by Gasteiger charge is 2.09. The summed E-state index contributed by atoms with van der Waals surface area (Å²) in [7, 11) is 1.70. The molecule has 1 heterocycles. The Morgan fingerprint density at radius 1 is 1.50 bits per heavy atom. The monoisotopic (exact) mass is 256 g/mol. The normalized spacial score (nSPS) is 11.2. The summed E-state index contributed by atoms with van der Waals surface area (Å²) in [4.78, 5) is 4.53. The molecule has 0 fully saturated rings. The predicted molar refractivity (Wildman–Crippen MR) is 68.4 cm³/mol. The molecule has 0 saturated heterocycles. The number of imidazole rings is 1. The first-order valence-corrected chi connectivity index (χ1v) is 6.55. The molecule has 16 heavy (non-hydrogen) atoms. The van der Waals surface area contributed by atoms with E-state index in [1.54, 1.807) is 18.9 Å². The van der Waals surface area contributed by atoms with Crippen LogP contribution in [-0.2, 0) is 11.3 Å². The smallest absolute Gasteiger partial charge is 0.168 e. The van der Waals surface area contributed by atoms with Crippen molar-refractivity contribution in [1.29, 1.82) is 0 Å². The lowest BCUT2D eigenvalue weighted by Crippen LogP contribution is -2.05. The summed E-state index contributed by atoms with van der Waals surface area (Å²) >= 11 is 7.58. The molecule has 0 aliphatic heterocycles. The zero-order valence-electron chi connectivity index (χ0n) is 9.24. The Balaban J connectivity index is 2.50. The fourth-order valence-electron chi connectivity index (χ4n) is 1.64. The van der Waals surface area contributed by atoms with Gasteiger partial charge < -0.3 is 9.30 Å². The maximum atomic E-state index is 5.95. The molecule has 0 spiro atoms. The summed E-state index contributed by atoms with van der Waals surface area (Å²) in [5.74, 6) is 0. The zero-order valence-corrected chi connectivity index (χ0v) is 10.8. The van der Waals surface area contributed by atoms with Crippen molar-refractivity contribution in [3.05, 3.63) is 23.2 Å². The molecule has 86 valence electrons. The fourth-order valence-corrected chi connectivity index (χ4v) is 2.40. The molecular formula is C11H13ClN2OS. The van der Waals surface area contributed by atoms with E-state index < -0.39 is 0 Å². The highest BCUT2D eigenvalue weighted by molar-refractivity contribution is 7.98. The number of methoxy groups -OCH3 is 1. The van der Waals surface area contributed by atoms with Crippen molar-refractivity contribution < 1.29 is 4.74 Å². The number of thioether (sulfide) groups is 1. The predicted octanol–water partition coefficient (Wildman–Crippen LogP) is 3.06. The van der Waals surface area contributed by atoms with E-state index >= 15 is 0 Å². The molecule has 0 aliphatic carbocycles. The summed E-state index contributed by atoms with van der Waals surface area (Å²) in [5, 5.41) is 1.71. The van der Waals surface area contributed by atoms with Gasteiger partial charge in [-0.05, 0) is 24.5 Å². The minimum atomic E-state index is 0.682. The highest BCUT2D eigenvalue weighted by Crippen LogP contribution is 2.24. The lowest BCUT2D eigenvalue weighted by atomic mass is 10.3. The number of ether oxygens (including phenoxy) is 1. The third kappa shape index (κ3) is 2.19.